The fraction of sp³-hybridized carbons (Fsp3) is 0.727. The summed E-state index contributed by atoms with van der Waals surface area (Å²) in [5.41, 5.74) is 1.10. The van der Waals surface area contributed by atoms with Gasteiger partial charge in [-0.05, 0) is 19.3 Å². The Morgan fingerprint density at radius 2 is 2.07 bits per heavy atom. The van der Waals surface area contributed by atoms with Crippen LogP contribution in [0.1, 0.15) is 42.3 Å². The van der Waals surface area contributed by atoms with Gasteiger partial charge in [0.25, 0.3) is 0 Å². The molecule has 1 heterocycles. The van der Waals surface area contributed by atoms with E-state index in [0.29, 0.717) is 5.92 Å². The van der Waals surface area contributed by atoms with Gasteiger partial charge in [-0.25, -0.2) is 4.98 Å². The molecule has 80 valence electrons. The van der Waals surface area contributed by atoms with Crippen LogP contribution in [0.5, 0.6) is 0 Å². The van der Waals surface area contributed by atoms with Crippen molar-refractivity contribution in [2.75, 3.05) is 6.61 Å². The minimum absolute atomic E-state index is 0.226. The molecule has 0 saturated heterocycles. The summed E-state index contributed by atoms with van der Waals surface area (Å²) in [7, 11) is 0. The summed E-state index contributed by atoms with van der Waals surface area (Å²) in [5.74, 6) is 0.733. The van der Waals surface area contributed by atoms with E-state index >= 15 is 0 Å². The van der Waals surface area contributed by atoms with Gasteiger partial charge in [0.15, 0.2) is 0 Å². The Morgan fingerprint density at radius 3 is 2.43 bits per heavy atom. The van der Waals surface area contributed by atoms with Crippen molar-refractivity contribution in [2.24, 2.45) is 5.92 Å². The molecule has 0 aliphatic heterocycles. The third-order valence-corrected chi connectivity index (χ3v) is 3.95. The van der Waals surface area contributed by atoms with E-state index in [4.69, 9.17) is 0 Å². The van der Waals surface area contributed by atoms with Gasteiger partial charge in [-0.2, -0.15) is 0 Å². The second-order valence-electron chi connectivity index (χ2n) is 3.94. The lowest BCUT2D eigenvalue weighted by molar-refractivity contribution is 0.239. The minimum atomic E-state index is 0.226. The van der Waals surface area contributed by atoms with Gasteiger partial charge in [-0.1, -0.05) is 20.8 Å². The van der Waals surface area contributed by atoms with Crippen molar-refractivity contribution >= 4 is 11.3 Å². The van der Waals surface area contributed by atoms with Crippen LogP contribution in [0.3, 0.4) is 0 Å². The van der Waals surface area contributed by atoms with Gasteiger partial charge in [-0.3, -0.25) is 0 Å². The smallest absolute Gasteiger partial charge is 0.0928 e. The van der Waals surface area contributed by atoms with E-state index in [1.807, 2.05) is 6.92 Å². The summed E-state index contributed by atoms with van der Waals surface area (Å²) in [4.78, 5) is 5.75. The van der Waals surface area contributed by atoms with Crippen molar-refractivity contribution in [2.45, 2.75) is 40.0 Å². The average molecular weight is 213 g/mol. The Balaban J connectivity index is 2.97. The van der Waals surface area contributed by atoms with Gasteiger partial charge >= 0.3 is 0 Å². The third-order valence-electron chi connectivity index (χ3n) is 2.52. The first-order valence-electron chi connectivity index (χ1n) is 5.17. The Kier molecular flexibility index (Phi) is 4.08. The Morgan fingerprint density at radius 1 is 1.43 bits per heavy atom. The first-order chi connectivity index (χ1) is 6.60. The third kappa shape index (κ3) is 2.34. The second kappa shape index (κ2) is 4.89. The van der Waals surface area contributed by atoms with Crippen molar-refractivity contribution in [1.82, 2.24) is 4.98 Å². The van der Waals surface area contributed by atoms with E-state index < -0.39 is 0 Å². The van der Waals surface area contributed by atoms with E-state index in [9.17, 15) is 5.11 Å². The van der Waals surface area contributed by atoms with Crippen LogP contribution < -0.4 is 0 Å². The molecule has 3 heteroatoms. The van der Waals surface area contributed by atoms with Gasteiger partial charge in [0.1, 0.15) is 0 Å². The molecule has 1 atom stereocenters. The highest BCUT2D eigenvalue weighted by Gasteiger charge is 2.20. The van der Waals surface area contributed by atoms with Gasteiger partial charge in [0, 0.05) is 10.8 Å². The fourth-order valence-electron chi connectivity index (χ4n) is 1.56. The van der Waals surface area contributed by atoms with Crippen molar-refractivity contribution in [3.63, 3.8) is 0 Å². The fourth-order valence-corrected chi connectivity index (χ4v) is 2.83. The Labute approximate surface area is 90.0 Å². The summed E-state index contributed by atoms with van der Waals surface area (Å²) < 4.78 is 0. The quantitative estimate of drug-likeness (QED) is 0.834. The first kappa shape index (κ1) is 11.7. The van der Waals surface area contributed by atoms with E-state index in [2.05, 4.69) is 25.8 Å². The van der Waals surface area contributed by atoms with Crippen LogP contribution in [0.15, 0.2) is 0 Å². The summed E-state index contributed by atoms with van der Waals surface area (Å²) in [5, 5.41) is 10.5. The summed E-state index contributed by atoms with van der Waals surface area (Å²) in [6.07, 6.45) is 0.988. The largest absolute Gasteiger partial charge is 0.396 e. The van der Waals surface area contributed by atoms with E-state index in [1.54, 1.807) is 11.3 Å². The van der Waals surface area contributed by atoms with Crippen molar-refractivity contribution in [1.29, 1.82) is 0 Å². The van der Waals surface area contributed by atoms with Crippen LogP contribution in [0.25, 0.3) is 0 Å². The molecule has 0 radical (unpaired) electrons. The van der Waals surface area contributed by atoms with Crippen LogP contribution in [0.2, 0.25) is 0 Å². The molecule has 1 aromatic rings. The number of hydrogen-bond acceptors (Lipinski definition) is 3. The highest BCUT2D eigenvalue weighted by molar-refractivity contribution is 7.11. The first-order valence-corrected chi connectivity index (χ1v) is 5.98. The standard InChI is InChI=1S/C11H19NOS/c1-5-10-12-8(4)11(14-10)9(6-13)7(2)3/h7,9,13H,5-6H2,1-4H3. The zero-order valence-electron chi connectivity index (χ0n) is 9.37. The lowest BCUT2D eigenvalue weighted by atomic mass is 9.94. The number of hydrogen-bond donors (Lipinski definition) is 1. The van der Waals surface area contributed by atoms with Crippen LogP contribution in [0.4, 0.5) is 0 Å². The van der Waals surface area contributed by atoms with E-state index in [1.165, 1.54) is 9.88 Å². The zero-order chi connectivity index (χ0) is 10.7. The van der Waals surface area contributed by atoms with Gasteiger partial charge in [0.2, 0.25) is 0 Å². The maximum absolute atomic E-state index is 9.34. The minimum Gasteiger partial charge on any atom is -0.396 e. The molecule has 0 aromatic carbocycles. The molecule has 1 unspecified atom stereocenters. The van der Waals surface area contributed by atoms with Gasteiger partial charge in [-0.15, -0.1) is 11.3 Å². The lowest BCUT2D eigenvalue weighted by Crippen LogP contribution is -2.10. The molecule has 14 heavy (non-hydrogen) atoms. The number of aliphatic hydroxyl groups is 1. The Bertz CT molecular complexity index is 293. The average Bonchev–Trinajstić information content (AvgIpc) is 2.48. The van der Waals surface area contributed by atoms with Crippen molar-refractivity contribution in [3.05, 3.63) is 15.6 Å². The highest BCUT2D eigenvalue weighted by Crippen LogP contribution is 2.31. The predicted molar refractivity (Wildman–Crippen MR) is 60.9 cm³/mol. The molecular formula is C11H19NOS. The summed E-state index contributed by atoms with van der Waals surface area (Å²) in [6.45, 7) is 8.67. The van der Waals surface area contributed by atoms with Crippen molar-refractivity contribution in [3.8, 4) is 0 Å². The molecule has 0 saturated carbocycles. The maximum atomic E-state index is 9.34. The number of nitrogens with zero attached hydrogens (tertiary/aromatic N) is 1. The second-order valence-corrected chi connectivity index (χ2v) is 5.06. The molecule has 1 N–H and O–H groups in total. The monoisotopic (exact) mass is 213 g/mol. The molecule has 0 aliphatic rings. The maximum Gasteiger partial charge on any atom is 0.0928 e. The van der Waals surface area contributed by atoms with Crippen LogP contribution in [0, 0.1) is 12.8 Å². The summed E-state index contributed by atoms with van der Waals surface area (Å²) >= 11 is 1.75. The zero-order valence-corrected chi connectivity index (χ0v) is 10.2. The van der Waals surface area contributed by atoms with Gasteiger partial charge in [0.05, 0.1) is 17.3 Å². The molecule has 0 spiro atoms. The van der Waals surface area contributed by atoms with E-state index in [-0.39, 0.29) is 12.5 Å². The number of rotatable bonds is 4. The van der Waals surface area contributed by atoms with Gasteiger partial charge < -0.3 is 5.11 Å². The predicted octanol–water partition coefficient (Wildman–Crippen LogP) is 2.75. The number of thiazole rings is 1. The molecule has 0 amide bonds. The van der Waals surface area contributed by atoms with Crippen LogP contribution >= 0.6 is 11.3 Å². The molecule has 1 aromatic heterocycles. The van der Waals surface area contributed by atoms with Crippen LogP contribution in [-0.4, -0.2) is 16.7 Å². The highest BCUT2D eigenvalue weighted by atomic mass is 32.1. The Hall–Kier alpha value is -0.410. The summed E-state index contributed by atoms with van der Waals surface area (Å²) in [6, 6.07) is 0. The van der Waals surface area contributed by atoms with E-state index in [0.717, 1.165) is 12.1 Å². The molecule has 0 bridgehead atoms. The number of aromatic nitrogens is 1. The topological polar surface area (TPSA) is 33.1 Å². The molecular weight excluding hydrogens is 194 g/mol. The van der Waals surface area contributed by atoms with Crippen LogP contribution in [-0.2, 0) is 6.42 Å². The van der Waals surface area contributed by atoms with Crippen molar-refractivity contribution < 1.29 is 5.11 Å². The SMILES string of the molecule is CCc1nc(C)c(C(CO)C(C)C)s1. The molecule has 2 nitrogen and oxygen atoms in total. The lowest BCUT2D eigenvalue weighted by Gasteiger charge is -2.16. The molecule has 0 fully saturated rings. The molecule has 0 aliphatic carbocycles. The number of aryl methyl sites for hydroxylation is 2. The number of aliphatic hydroxyl groups excluding tert-OH is 1. The normalized spacial score (nSPS) is 13.6. The molecule has 1 rings (SSSR count).